The predicted molar refractivity (Wildman–Crippen MR) is 96.0 cm³/mol. The van der Waals surface area contributed by atoms with Crippen molar-refractivity contribution in [2.75, 3.05) is 6.61 Å². The Morgan fingerprint density at radius 2 is 1.96 bits per heavy atom. The molecule has 2 amide bonds. The number of primary amides is 1. The Balaban J connectivity index is 2.25. The molecule has 0 aliphatic carbocycles. The fraction of sp³-hybridized carbons (Fsp3) is 0.500. The van der Waals surface area contributed by atoms with Crippen LogP contribution in [0.3, 0.4) is 0 Å². The molecule has 1 heterocycles. The Kier molecular flexibility index (Phi) is 6.52. The summed E-state index contributed by atoms with van der Waals surface area (Å²) in [5.41, 5.74) is 6.54. The summed E-state index contributed by atoms with van der Waals surface area (Å²) in [6.45, 7) is 4.50. The number of aliphatic hydroxyl groups is 1. The van der Waals surface area contributed by atoms with Gasteiger partial charge in [-0.2, -0.15) is 5.10 Å². The van der Waals surface area contributed by atoms with Crippen molar-refractivity contribution in [2.24, 2.45) is 11.7 Å². The molecule has 2 aromatic rings. The summed E-state index contributed by atoms with van der Waals surface area (Å²) in [5, 5.41) is 16.8. The lowest BCUT2D eigenvalue weighted by Crippen LogP contribution is -2.47. The minimum absolute atomic E-state index is 0.103. The number of hydrogen-bond donors (Lipinski definition) is 3. The Bertz CT molecular complexity index is 739. The summed E-state index contributed by atoms with van der Waals surface area (Å²) in [6, 6.07) is 6.78. The van der Waals surface area contributed by atoms with E-state index in [0.717, 1.165) is 30.2 Å². The van der Waals surface area contributed by atoms with Crippen molar-refractivity contribution in [3.8, 4) is 0 Å². The second-order valence-corrected chi connectivity index (χ2v) is 6.47. The molecule has 1 aromatic carbocycles. The zero-order valence-corrected chi connectivity index (χ0v) is 14.7. The molecule has 1 atom stereocenters. The molecule has 4 N–H and O–H groups in total. The average Bonchev–Trinajstić information content (AvgIpc) is 2.95. The van der Waals surface area contributed by atoms with E-state index in [2.05, 4.69) is 10.4 Å². The van der Waals surface area contributed by atoms with Gasteiger partial charge in [-0.1, -0.05) is 32.0 Å². The van der Waals surface area contributed by atoms with Gasteiger partial charge in [-0.25, -0.2) is 0 Å². The summed E-state index contributed by atoms with van der Waals surface area (Å²) >= 11 is 0. The number of unbranched alkanes of at least 4 members (excludes halogenated alkanes) is 2. The van der Waals surface area contributed by atoms with Crippen molar-refractivity contribution in [1.29, 1.82) is 0 Å². The number of carbonyl (C=O) groups excluding carboxylic acids is 2. The minimum Gasteiger partial charge on any atom is -0.396 e. The maximum absolute atomic E-state index is 12.6. The molecule has 7 nitrogen and oxygen atoms in total. The van der Waals surface area contributed by atoms with Crippen molar-refractivity contribution < 1.29 is 14.7 Å². The van der Waals surface area contributed by atoms with Crippen LogP contribution in [0.2, 0.25) is 0 Å². The second-order valence-electron chi connectivity index (χ2n) is 6.47. The Morgan fingerprint density at radius 1 is 1.24 bits per heavy atom. The first-order valence-corrected chi connectivity index (χ1v) is 8.62. The van der Waals surface area contributed by atoms with E-state index >= 15 is 0 Å². The number of nitrogens with zero attached hydrogens (tertiary/aromatic N) is 2. The predicted octanol–water partition coefficient (Wildman–Crippen LogP) is 1.44. The highest BCUT2D eigenvalue weighted by Crippen LogP contribution is 2.19. The number of hydrogen-bond acceptors (Lipinski definition) is 4. The zero-order valence-electron chi connectivity index (χ0n) is 14.7. The molecule has 0 aliphatic heterocycles. The number of aryl methyl sites for hydroxylation is 1. The number of para-hydroxylation sites is 1. The molecule has 0 unspecified atom stereocenters. The number of aromatic nitrogens is 2. The molecule has 0 spiro atoms. The highest BCUT2D eigenvalue weighted by Gasteiger charge is 2.25. The normalized spacial score (nSPS) is 12.5. The van der Waals surface area contributed by atoms with E-state index in [0.29, 0.717) is 12.2 Å². The number of nitrogens with two attached hydrogens (primary N) is 1. The largest absolute Gasteiger partial charge is 0.396 e. The van der Waals surface area contributed by atoms with E-state index in [1.807, 2.05) is 38.1 Å². The molecule has 0 radical (unpaired) electrons. The molecule has 0 saturated heterocycles. The quantitative estimate of drug-likeness (QED) is 0.597. The molecule has 0 saturated carbocycles. The van der Waals surface area contributed by atoms with Crippen LogP contribution in [-0.4, -0.2) is 39.4 Å². The maximum atomic E-state index is 12.6. The molecule has 136 valence electrons. The number of carbonyl (C=O) groups is 2. The van der Waals surface area contributed by atoms with Gasteiger partial charge >= 0.3 is 0 Å². The third kappa shape index (κ3) is 4.57. The van der Waals surface area contributed by atoms with E-state index in [4.69, 9.17) is 10.8 Å². The van der Waals surface area contributed by atoms with Crippen LogP contribution in [0.5, 0.6) is 0 Å². The number of amides is 2. The molecule has 0 bridgehead atoms. The third-order valence-electron chi connectivity index (χ3n) is 4.16. The standard InChI is InChI=1S/C18H26N4O3/c1-12(2)15(17(19)24)20-18(25)16-13-8-4-5-9-14(13)22(21-16)10-6-3-7-11-23/h4-5,8-9,12,15,23H,3,6-7,10-11H2,1-2H3,(H2,19,24)(H,20,25)/t15-/m1/s1. The van der Waals surface area contributed by atoms with E-state index in [-0.39, 0.29) is 12.5 Å². The first-order chi connectivity index (χ1) is 12.0. The molecule has 0 aliphatic rings. The summed E-state index contributed by atoms with van der Waals surface area (Å²) < 4.78 is 1.80. The van der Waals surface area contributed by atoms with Crippen molar-refractivity contribution in [3.05, 3.63) is 30.0 Å². The second kappa shape index (κ2) is 8.62. The maximum Gasteiger partial charge on any atom is 0.273 e. The van der Waals surface area contributed by atoms with Crippen molar-refractivity contribution in [2.45, 2.75) is 45.7 Å². The number of fused-ring (bicyclic) bond motifs is 1. The van der Waals surface area contributed by atoms with E-state index in [9.17, 15) is 9.59 Å². The molecule has 0 fully saturated rings. The molecule has 7 heteroatoms. The van der Waals surface area contributed by atoms with Gasteiger partial charge in [0.05, 0.1) is 5.52 Å². The topological polar surface area (TPSA) is 110 Å². The van der Waals surface area contributed by atoms with Crippen LogP contribution in [-0.2, 0) is 11.3 Å². The minimum atomic E-state index is -0.735. The highest BCUT2D eigenvalue weighted by atomic mass is 16.3. The monoisotopic (exact) mass is 346 g/mol. The van der Waals surface area contributed by atoms with Crippen molar-refractivity contribution in [3.63, 3.8) is 0 Å². The van der Waals surface area contributed by atoms with E-state index < -0.39 is 17.9 Å². The smallest absolute Gasteiger partial charge is 0.273 e. The first-order valence-electron chi connectivity index (χ1n) is 8.62. The molecule has 25 heavy (non-hydrogen) atoms. The summed E-state index contributed by atoms with van der Waals surface area (Å²) in [6.07, 6.45) is 2.51. The highest BCUT2D eigenvalue weighted by molar-refractivity contribution is 6.06. The Morgan fingerprint density at radius 3 is 2.60 bits per heavy atom. The Labute approximate surface area is 147 Å². The third-order valence-corrected chi connectivity index (χ3v) is 4.16. The number of nitrogens with one attached hydrogen (secondary N) is 1. The van der Waals surface area contributed by atoms with Gasteiger partial charge in [0, 0.05) is 18.5 Å². The van der Waals surface area contributed by atoms with E-state index in [1.54, 1.807) is 4.68 Å². The number of benzene rings is 1. The van der Waals surface area contributed by atoms with Crippen LogP contribution < -0.4 is 11.1 Å². The van der Waals surface area contributed by atoms with Gasteiger partial charge in [0.25, 0.3) is 5.91 Å². The van der Waals surface area contributed by atoms with Crippen LogP contribution in [0, 0.1) is 5.92 Å². The lowest BCUT2D eigenvalue weighted by atomic mass is 10.0. The van der Waals surface area contributed by atoms with Gasteiger partial charge in [0.2, 0.25) is 5.91 Å². The lowest BCUT2D eigenvalue weighted by molar-refractivity contribution is -0.120. The average molecular weight is 346 g/mol. The van der Waals surface area contributed by atoms with Gasteiger partial charge in [0.15, 0.2) is 5.69 Å². The van der Waals surface area contributed by atoms with Gasteiger partial charge in [-0.05, 0) is 31.2 Å². The first kappa shape index (κ1) is 18.9. The van der Waals surface area contributed by atoms with Crippen LogP contribution in [0.25, 0.3) is 10.9 Å². The summed E-state index contributed by atoms with van der Waals surface area (Å²) in [7, 11) is 0. The zero-order chi connectivity index (χ0) is 18.4. The molecular formula is C18H26N4O3. The van der Waals surface area contributed by atoms with E-state index in [1.165, 1.54) is 0 Å². The number of aliphatic hydroxyl groups excluding tert-OH is 1. The molecule has 1 aromatic heterocycles. The fourth-order valence-electron chi connectivity index (χ4n) is 2.79. The van der Waals surface area contributed by atoms with Gasteiger partial charge in [0.1, 0.15) is 6.04 Å². The van der Waals surface area contributed by atoms with Crippen molar-refractivity contribution in [1.82, 2.24) is 15.1 Å². The summed E-state index contributed by atoms with van der Waals surface area (Å²) in [4.78, 5) is 24.2. The van der Waals surface area contributed by atoms with Crippen LogP contribution in [0.15, 0.2) is 24.3 Å². The van der Waals surface area contributed by atoms with Crippen LogP contribution in [0.1, 0.15) is 43.6 Å². The SMILES string of the molecule is CC(C)[C@@H](NC(=O)c1nn(CCCCCO)c2ccccc12)C(N)=O. The van der Waals surface area contributed by atoms with Crippen LogP contribution >= 0.6 is 0 Å². The fourth-order valence-corrected chi connectivity index (χ4v) is 2.79. The lowest BCUT2D eigenvalue weighted by Gasteiger charge is -2.18. The van der Waals surface area contributed by atoms with Gasteiger partial charge in [-0.3, -0.25) is 14.3 Å². The summed E-state index contributed by atoms with van der Waals surface area (Å²) in [5.74, 6) is -1.06. The van der Waals surface area contributed by atoms with Gasteiger partial charge in [-0.15, -0.1) is 0 Å². The van der Waals surface area contributed by atoms with Crippen LogP contribution in [0.4, 0.5) is 0 Å². The molecule has 2 rings (SSSR count). The molecular weight excluding hydrogens is 320 g/mol. The Hall–Kier alpha value is -2.41. The van der Waals surface area contributed by atoms with Crippen molar-refractivity contribution >= 4 is 22.7 Å². The number of rotatable bonds is 9. The van der Waals surface area contributed by atoms with Gasteiger partial charge < -0.3 is 16.2 Å².